The monoisotopic (exact) mass is 309 g/mol. The third-order valence-corrected chi connectivity index (χ3v) is 3.42. The summed E-state index contributed by atoms with van der Waals surface area (Å²) in [5.41, 5.74) is 2.18. The molecule has 0 aliphatic rings. The van der Waals surface area contributed by atoms with Crippen molar-refractivity contribution in [1.82, 2.24) is 0 Å². The standard InChI is InChI=1S/C15H20BrNO/c1-11(10-17-15(2,3)4)14(16)12-6-8-13(18-5)9-7-12/h6-10H,1-5H3/b14-11-,17-10?. The van der Waals surface area contributed by atoms with Crippen LogP contribution in [0, 0.1) is 0 Å². The van der Waals surface area contributed by atoms with Crippen LogP contribution in [0.5, 0.6) is 5.75 Å². The normalized spacial score (nSPS) is 13.7. The summed E-state index contributed by atoms with van der Waals surface area (Å²) in [5, 5.41) is 0. The Hall–Kier alpha value is -1.09. The van der Waals surface area contributed by atoms with Crippen LogP contribution in [0.1, 0.15) is 33.3 Å². The van der Waals surface area contributed by atoms with Gasteiger partial charge in [-0.15, -0.1) is 0 Å². The molecule has 0 radical (unpaired) electrons. The van der Waals surface area contributed by atoms with Crippen molar-refractivity contribution >= 4 is 26.6 Å². The molecule has 0 bridgehead atoms. The summed E-state index contributed by atoms with van der Waals surface area (Å²) in [6.45, 7) is 8.29. The number of hydrogen-bond acceptors (Lipinski definition) is 2. The predicted octanol–water partition coefficient (Wildman–Crippen LogP) is 4.69. The van der Waals surface area contributed by atoms with Gasteiger partial charge in [-0.05, 0) is 66.9 Å². The zero-order valence-corrected chi connectivity index (χ0v) is 13.2. The highest BCUT2D eigenvalue weighted by molar-refractivity contribution is 9.15. The second kappa shape index (κ2) is 6.19. The van der Waals surface area contributed by atoms with Crippen molar-refractivity contribution in [2.24, 2.45) is 4.99 Å². The van der Waals surface area contributed by atoms with E-state index < -0.39 is 0 Å². The first kappa shape index (κ1) is 15.0. The highest BCUT2D eigenvalue weighted by Gasteiger charge is 2.06. The molecule has 2 nitrogen and oxygen atoms in total. The first-order valence-electron chi connectivity index (χ1n) is 5.89. The van der Waals surface area contributed by atoms with Gasteiger partial charge in [-0.3, -0.25) is 4.99 Å². The molecule has 0 aromatic heterocycles. The molecule has 0 atom stereocenters. The Balaban J connectivity index is 2.96. The average molecular weight is 310 g/mol. The third-order valence-electron chi connectivity index (χ3n) is 2.34. The van der Waals surface area contributed by atoms with Gasteiger partial charge in [-0.2, -0.15) is 0 Å². The van der Waals surface area contributed by atoms with Crippen LogP contribution < -0.4 is 4.74 Å². The Bertz CT molecular complexity index is 452. The van der Waals surface area contributed by atoms with Crippen molar-refractivity contribution in [1.29, 1.82) is 0 Å². The minimum atomic E-state index is -0.0472. The lowest BCUT2D eigenvalue weighted by Gasteiger charge is -2.11. The van der Waals surface area contributed by atoms with Crippen LogP contribution in [-0.4, -0.2) is 18.9 Å². The fraction of sp³-hybridized carbons (Fsp3) is 0.400. The van der Waals surface area contributed by atoms with Gasteiger partial charge in [0.15, 0.2) is 0 Å². The molecule has 1 rings (SSSR count). The molecule has 1 aromatic carbocycles. The Morgan fingerprint density at radius 2 is 1.78 bits per heavy atom. The lowest BCUT2D eigenvalue weighted by molar-refractivity contribution is 0.415. The first-order chi connectivity index (χ1) is 8.33. The maximum atomic E-state index is 5.14. The summed E-state index contributed by atoms with van der Waals surface area (Å²) >= 11 is 3.61. The van der Waals surface area contributed by atoms with Gasteiger partial charge in [-0.1, -0.05) is 12.1 Å². The Kier molecular flexibility index (Phi) is 5.15. The number of allylic oxidation sites excluding steroid dienone is 1. The van der Waals surface area contributed by atoms with Crippen LogP contribution >= 0.6 is 15.9 Å². The fourth-order valence-corrected chi connectivity index (χ4v) is 1.68. The zero-order valence-electron chi connectivity index (χ0n) is 11.6. The topological polar surface area (TPSA) is 21.6 Å². The van der Waals surface area contributed by atoms with Crippen LogP contribution in [-0.2, 0) is 0 Å². The summed E-state index contributed by atoms with van der Waals surface area (Å²) in [6.07, 6.45) is 1.91. The molecule has 0 fully saturated rings. The number of ether oxygens (including phenoxy) is 1. The lowest BCUT2D eigenvalue weighted by atomic mass is 10.1. The minimum Gasteiger partial charge on any atom is -0.497 e. The van der Waals surface area contributed by atoms with E-state index in [1.165, 1.54) is 0 Å². The highest BCUT2D eigenvalue weighted by Crippen LogP contribution is 2.26. The van der Waals surface area contributed by atoms with Gasteiger partial charge in [0.1, 0.15) is 5.75 Å². The van der Waals surface area contributed by atoms with Crippen molar-refractivity contribution in [3.05, 3.63) is 35.4 Å². The molecule has 0 heterocycles. The van der Waals surface area contributed by atoms with Gasteiger partial charge in [-0.25, -0.2) is 0 Å². The largest absolute Gasteiger partial charge is 0.497 e. The highest BCUT2D eigenvalue weighted by atomic mass is 79.9. The Morgan fingerprint density at radius 1 is 1.22 bits per heavy atom. The maximum Gasteiger partial charge on any atom is 0.118 e. The van der Waals surface area contributed by atoms with Gasteiger partial charge in [0.25, 0.3) is 0 Å². The Labute approximate surface area is 118 Å². The molecular formula is C15H20BrNO. The minimum absolute atomic E-state index is 0.0472. The molecule has 0 saturated heterocycles. The SMILES string of the molecule is COc1ccc(/C(Br)=C(\C)C=NC(C)(C)C)cc1. The number of rotatable bonds is 3. The van der Waals surface area contributed by atoms with Crippen molar-refractivity contribution < 1.29 is 4.74 Å². The van der Waals surface area contributed by atoms with Crippen LogP contribution in [0.3, 0.4) is 0 Å². The molecule has 0 saturated carbocycles. The molecule has 3 heteroatoms. The molecular weight excluding hydrogens is 290 g/mol. The molecule has 0 amide bonds. The summed E-state index contributed by atoms with van der Waals surface area (Å²) in [4.78, 5) is 4.50. The molecule has 0 spiro atoms. The van der Waals surface area contributed by atoms with E-state index >= 15 is 0 Å². The van der Waals surface area contributed by atoms with Gasteiger partial charge < -0.3 is 4.74 Å². The molecule has 0 N–H and O–H groups in total. The lowest BCUT2D eigenvalue weighted by Crippen LogP contribution is -2.09. The number of nitrogens with zero attached hydrogens (tertiary/aromatic N) is 1. The number of hydrogen-bond donors (Lipinski definition) is 0. The zero-order chi connectivity index (χ0) is 13.8. The molecule has 98 valence electrons. The first-order valence-corrected chi connectivity index (χ1v) is 6.69. The van der Waals surface area contributed by atoms with E-state index in [0.717, 1.165) is 21.4 Å². The fourth-order valence-electron chi connectivity index (χ4n) is 1.31. The van der Waals surface area contributed by atoms with E-state index in [0.29, 0.717) is 0 Å². The Morgan fingerprint density at radius 3 is 2.22 bits per heavy atom. The van der Waals surface area contributed by atoms with Gasteiger partial charge in [0.05, 0.1) is 12.6 Å². The number of methoxy groups -OCH3 is 1. The number of halogens is 1. The number of aliphatic imine (C=N–C) groups is 1. The molecule has 18 heavy (non-hydrogen) atoms. The third kappa shape index (κ3) is 4.65. The predicted molar refractivity (Wildman–Crippen MR) is 82.8 cm³/mol. The quantitative estimate of drug-likeness (QED) is 0.742. The molecule has 0 aliphatic carbocycles. The van der Waals surface area contributed by atoms with E-state index in [9.17, 15) is 0 Å². The van der Waals surface area contributed by atoms with Gasteiger partial charge in [0, 0.05) is 10.7 Å². The van der Waals surface area contributed by atoms with E-state index in [1.807, 2.05) is 37.4 Å². The van der Waals surface area contributed by atoms with Crippen LogP contribution in [0.15, 0.2) is 34.8 Å². The smallest absolute Gasteiger partial charge is 0.118 e. The second-order valence-electron chi connectivity index (χ2n) is 5.15. The van der Waals surface area contributed by atoms with E-state index in [2.05, 4.69) is 41.7 Å². The van der Waals surface area contributed by atoms with Crippen LogP contribution in [0.4, 0.5) is 0 Å². The van der Waals surface area contributed by atoms with E-state index in [-0.39, 0.29) is 5.54 Å². The maximum absolute atomic E-state index is 5.14. The van der Waals surface area contributed by atoms with Crippen molar-refractivity contribution in [2.75, 3.05) is 7.11 Å². The van der Waals surface area contributed by atoms with Crippen LogP contribution in [0.25, 0.3) is 4.48 Å². The van der Waals surface area contributed by atoms with Crippen molar-refractivity contribution in [3.63, 3.8) is 0 Å². The van der Waals surface area contributed by atoms with E-state index in [4.69, 9.17) is 4.74 Å². The van der Waals surface area contributed by atoms with Crippen molar-refractivity contribution in [2.45, 2.75) is 33.2 Å². The molecule has 0 aliphatic heterocycles. The second-order valence-corrected chi connectivity index (χ2v) is 5.95. The van der Waals surface area contributed by atoms with Gasteiger partial charge in [0.2, 0.25) is 0 Å². The summed E-state index contributed by atoms with van der Waals surface area (Å²) in [7, 11) is 1.67. The summed E-state index contributed by atoms with van der Waals surface area (Å²) < 4.78 is 6.20. The van der Waals surface area contributed by atoms with E-state index in [1.54, 1.807) is 7.11 Å². The van der Waals surface area contributed by atoms with Crippen molar-refractivity contribution in [3.8, 4) is 5.75 Å². The average Bonchev–Trinajstić information content (AvgIpc) is 2.34. The van der Waals surface area contributed by atoms with Crippen LogP contribution in [0.2, 0.25) is 0 Å². The molecule has 1 aromatic rings. The molecule has 0 unspecified atom stereocenters. The summed E-state index contributed by atoms with van der Waals surface area (Å²) in [6, 6.07) is 7.95. The number of benzene rings is 1. The summed E-state index contributed by atoms with van der Waals surface area (Å²) in [5.74, 6) is 0.861. The van der Waals surface area contributed by atoms with Gasteiger partial charge >= 0.3 is 0 Å².